The van der Waals surface area contributed by atoms with Gasteiger partial charge in [0.25, 0.3) is 0 Å². The highest BCUT2D eigenvalue weighted by Gasteiger charge is 2.26. The second kappa shape index (κ2) is 14.3. The van der Waals surface area contributed by atoms with E-state index in [0.29, 0.717) is 25.0 Å². The van der Waals surface area contributed by atoms with Crippen LogP contribution in [0, 0.1) is 5.92 Å². The van der Waals surface area contributed by atoms with Gasteiger partial charge in [-0.15, -0.1) is 0 Å². The Morgan fingerprint density at radius 3 is 1.89 bits per heavy atom. The van der Waals surface area contributed by atoms with Gasteiger partial charge in [-0.1, -0.05) is 74.5 Å². The van der Waals surface area contributed by atoms with Gasteiger partial charge < -0.3 is 27.8 Å². The van der Waals surface area contributed by atoms with Crippen molar-refractivity contribution in [2.24, 2.45) is 28.1 Å². The van der Waals surface area contributed by atoms with E-state index in [1.807, 2.05) is 74.5 Å². The smallest absolute Gasteiger partial charge is 0.245 e. The summed E-state index contributed by atoms with van der Waals surface area (Å²) in [6.45, 7) is 4.15. The fourth-order valence-electron chi connectivity index (χ4n) is 3.68. The van der Waals surface area contributed by atoms with Gasteiger partial charge in [0.1, 0.15) is 12.1 Å². The number of amides is 3. The van der Waals surface area contributed by atoms with E-state index in [4.69, 9.17) is 17.2 Å². The number of carbonyl (C=O) groups is 3. The monoisotopic (exact) mass is 492 g/mol. The average molecular weight is 493 g/mol. The third kappa shape index (κ3) is 9.61. The maximum absolute atomic E-state index is 13.1. The number of hydrogen-bond acceptors (Lipinski definition) is 4. The molecule has 0 unspecified atom stereocenters. The van der Waals surface area contributed by atoms with E-state index in [9.17, 15) is 14.4 Å². The Balaban J connectivity index is 2.28. The largest absolute Gasteiger partial charge is 0.370 e. The van der Waals surface area contributed by atoms with Crippen LogP contribution in [0.5, 0.6) is 0 Å². The number of benzene rings is 2. The number of nitrogens with zero attached hydrogens (tertiary/aromatic N) is 1. The molecule has 0 aromatic heterocycles. The Morgan fingerprint density at radius 2 is 1.42 bits per heavy atom. The van der Waals surface area contributed by atoms with Crippen LogP contribution in [0.25, 0.3) is 5.57 Å². The summed E-state index contributed by atoms with van der Waals surface area (Å²) in [6.07, 6.45) is 2.57. The number of carbonyl (C=O) groups excluding carboxylic acids is 3. The van der Waals surface area contributed by atoms with E-state index in [-0.39, 0.29) is 18.3 Å². The molecule has 0 heterocycles. The molecule has 2 aromatic carbocycles. The molecule has 2 rings (SSSR count). The summed E-state index contributed by atoms with van der Waals surface area (Å²) in [6, 6.07) is 17.3. The Labute approximate surface area is 212 Å². The van der Waals surface area contributed by atoms with Crippen LogP contribution in [0.3, 0.4) is 0 Å². The standard InChI is InChI=1S/C27H36N6O3/c1-18(2)16-23(25(28)35)33-26(36)22(14-9-15-31-27(29)30)32-24(34)17-21(19-10-5-3-6-11-19)20-12-7-4-8-13-20/h3-8,10-13,17-18,22-23H,9,14-16H2,1-2H3,(H2,28,35)(H,32,34)(H,33,36)(H4,29,30,31)/t22-,23-/m1/s1. The highest BCUT2D eigenvalue weighted by Crippen LogP contribution is 2.23. The van der Waals surface area contributed by atoms with Gasteiger partial charge in [0.2, 0.25) is 17.7 Å². The summed E-state index contributed by atoms with van der Waals surface area (Å²) in [5.74, 6) is -1.48. The van der Waals surface area contributed by atoms with Crippen LogP contribution in [-0.2, 0) is 14.4 Å². The third-order valence-electron chi connectivity index (χ3n) is 5.39. The van der Waals surface area contributed by atoms with Crippen molar-refractivity contribution in [3.8, 4) is 0 Å². The first-order valence-electron chi connectivity index (χ1n) is 12.0. The Morgan fingerprint density at radius 1 is 0.861 bits per heavy atom. The highest BCUT2D eigenvalue weighted by molar-refractivity contribution is 6.01. The van der Waals surface area contributed by atoms with E-state index in [2.05, 4.69) is 15.6 Å². The molecule has 2 aromatic rings. The van der Waals surface area contributed by atoms with Crippen LogP contribution >= 0.6 is 0 Å². The second-order valence-electron chi connectivity index (χ2n) is 8.89. The molecule has 0 fully saturated rings. The molecule has 0 aliphatic carbocycles. The highest BCUT2D eigenvalue weighted by atomic mass is 16.2. The zero-order valence-electron chi connectivity index (χ0n) is 20.8. The zero-order chi connectivity index (χ0) is 26.5. The lowest BCUT2D eigenvalue weighted by atomic mass is 9.97. The molecule has 0 saturated heterocycles. The molecule has 36 heavy (non-hydrogen) atoms. The van der Waals surface area contributed by atoms with Gasteiger partial charge in [0.15, 0.2) is 5.96 Å². The maximum Gasteiger partial charge on any atom is 0.245 e. The number of guanidine groups is 1. The van der Waals surface area contributed by atoms with Crippen molar-refractivity contribution in [2.45, 2.75) is 45.2 Å². The number of hydrogen-bond donors (Lipinski definition) is 5. The molecule has 0 bridgehead atoms. The fourth-order valence-corrected chi connectivity index (χ4v) is 3.68. The van der Waals surface area contributed by atoms with Crippen molar-refractivity contribution in [3.63, 3.8) is 0 Å². The van der Waals surface area contributed by atoms with Crippen LogP contribution < -0.4 is 27.8 Å². The first-order valence-corrected chi connectivity index (χ1v) is 12.0. The molecule has 0 radical (unpaired) electrons. The van der Waals surface area contributed by atoms with Crippen molar-refractivity contribution in [3.05, 3.63) is 77.9 Å². The van der Waals surface area contributed by atoms with Gasteiger partial charge in [-0.3, -0.25) is 19.4 Å². The van der Waals surface area contributed by atoms with Gasteiger partial charge in [0, 0.05) is 12.6 Å². The molecule has 9 heteroatoms. The first-order chi connectivity index (χ1) is 17.2. The Hall–Kier alpha value is -4.14. The second-order valence-corrected chi connectivity index (χ2v) is 8.89. The molecule has 0 spiro atoms. The number of nitrogens with one attached hydrogen (secondary N) is 2. The van der Waals surface area contributed by atoms with Crippen molar-refractivity contribution in [2.75, 3.05) is 6.54 Å². The molecule has 2 atom stereocenters. The summed E-state index contributed by atoms with van der Waals surface area (Å²) in [4.78, 5) is 42.0. The summed E-state index contributed by atoms with van der Waals surface area (Å²) in [7, 11) is 0. The maximum atomic E-state index is 13.1. The minimum Gasteiger partial charge on any atom is -0.370 e. The molecular formula is C27H36N6O3. The summed E-state index contributed by atoms with van der Waals surface area (Å²) < 4.78 is 0. The van der Waals surface area contributed by atoms with Gasteiger partial charge in [-0.25, -0.2) is 0 Å². The van der Waals surface area contributed by atoms with E-state index in [0.717, 1.165) is 11.1 Å². The average Bonchev–Trinajstić information content (AvgIpc) is 2.84. The van der Waals surface area contributed by atoms with Crippen molar-refractivity contribution in [1.29, 1.82) is 0 Å². The molecule has 0 aliphatic heterocycles. The van der Waals surface area contributed by atoms with Gasteiger partial charge in [-0.2, -0.15) is 0 Å². The van der Waals surface area contributed by atoms with Crippen LogP contribution in [-0.4, -0.2) is 42.3 Å². The third-order valence-corrected chi connectivity index (χ3v) is 5.39. The van der Waals surface area contributed by atoms with E-state index >= 15 is 0 Å². The zero-order valence-corrected chi connectivity index (χ0v) is 20.8. The summed E-state index contributed by atoms with van der Waals surface area (Å²) in [5, 5.41) is 5.47. The Bertz CT molecular complexity index is 1020. The van der Waals surface area contributed by atoms with Crippen LogP contribution in [0.2, 0.25) is 0 Å². The first kappa shape index (κ1) is 28.1. The molecule has 8 N–H and O–H groups in total. The van der Waals surface area contributed by atoms with Gasteiger partial charge in [-0.05, 0) is 41.9 Å². The number of nitrogens with two attached hydrogens (primary N) is 3. The lowest BCUT2D eigenvalue weighted by Gasteiger charge is -2.22. The lowest BCUT2D eigenvalue weighted by molar-refractivity contribution is -0.130. The minimum atomic E-state index is -0.912. The lowest BCUT2D eigenvalue weighted by Crippen LogP contribution is -2.53. The van der Waals surface area contributed by atoms with E-state index in [1.54, 1.807) is 0 Å². The molecule has 0 aliphatic rings. The van der Waals surface area contributed by atoms with Crippen LogP contribution in [0.4, 0.5) is 0 Å². The van der Waals surface area contributed by atoms with Crippen LogP contribution in [0.15, 0.2) is 71.7 Å². The van der Waals surface area contributed by atoms with Crippen molar-refractivity contribution < 1.29 is 14.4 Å². The Kier molecular flexibility index (Phi) is 11.2. The predicted octanol–water partition coefficient (Wildman–Crippen LogP) is 1.67. The number of primary amides is 1. The molecular weight excluding hydrogens is 456 g/mol. The number of aliphatic imine (C=N–C) groups is 1. The summed E-state index contributed by atoms with van der Waals surface area (Å²) >= 11 is 0. The molecule has 9 nitrogen and oxygen atoms in total. The minimum absolute atomic E-state index is 0.0518. The molecule has 0 saturated carbocycles. The van der Waals surface area contributed by atoms with Gasteiger partial charge in [0.05, 0.1) is 0 Å². The fraction of sp³-hybridized carbons (Fsp3) is 0.333. The van der Waals surface area contributed by atoms with E-state index < -0.39 is 29.8 Å². The van der Waals surface area contributed by atoms with Crippen molar-refractivity contribution >= 4 is 29.3 Å². The van der Waals surface area contributed by atoms with Crippen LogP contribution in [0.1, 0.15) is 44.2 Å². The SMILES string of the molecule is CC(C)C[C@@H](NC(=O)[C@@H](CCCN=C(N)N)NC(=O)C=C(c1ccccc1)c1ccccc1)C(N)=O. The van der Waals surface area contributed by atoms with Crippen molar-refractivity contribution in [1.82, 2.24) is 10.6 Å². The molecule has 192 valence electrons. The van der Waals surface area contributed by atoms with Gasteiger partial charge >= 0.3 is 0 Å². The quantitative estimate of drug-likeness (QED) is 0.124. The summed E-state index contributed by atoms with van der Waals surface area (Å²) in [5.41, 5.74) is 18.7. The topological polar surface area (TPSA) is 166 Å². The molecule has 3 amide bonds. The normalized spacial score (nSPS) is 12.2. The van der Waals surface area contributed by atoms with E-state index in [1.165, 1.54) is 6.08 Å². The predicted molar refractivity (Wildman–Crippen MR) is 142 cm³/mol. The number of rotatable bonds is 13.